The van der Waals surface area contributed by atoms with Gasteiger partial charge in [-0.25, -0.2) is 4.79 Å². The number of carbonyl (C=O) groups is 1. The number of aromatic amines is 1. The highest BCUT2D eigenvalue weighted by Gasteiger charge is 2.19. The molecule has 0 saturated carbocycles. The zero-order valence-electron chi connectivity index (χ0n) is 16.7. The van der Waals surface area contributed by atoms with Gasteiger partial charge in [0, 0.05) is 34.9 Å². The van der Waals surface area contributed by atoms with Gasteiger partial charge in [-0.05, 0) is 43.2 Å². The number of nitrogens with zero attached hydrogens (tertiary/aromatic N) is 2. The molecule has 7 nitrogen and oxygen atoms in total. The number of carbonyl (C=O) groups excluding carboxylic acids is 1. The Bertz CT molecular complexity index is 1300. The van der Waals surface area contributed by atoms with Gasteiger partial charge in [0.05, 0.1) is 18.9 Å². The van der Waals surface area contributed by atoms with Crippen LogP contribution in [0.25, 0.3) is 21.8 Å². The fraction of sp³-hybridized carbons (Fsp3) is 0.227. The number of H-pyrrole nitrogens is 1. The summed E-state index contributed by atoms with van der Waals surface area (Å²) in [6.45, 7) is 3.97. The number of ether oxygens (including phenoxy) is 1. The van der Waals surface area contributed by atoms with E-state index in [1.165, 1.54) is 7.11 Å². The topological polar surface area (TPSA) is 89.0 Å². The molecule has 0 radical (unpaired) electrons. The first kappa shape index (κ1) is 18.7. The van der Waals surface area contributed by atoms with Crippen LogP contribution in [-0.2, 0) is 11.8 Å². The van der Waals surface area contributed by atoms with Crippen LogP contribution in [0.5, 0.6) is 0 Å². The second-order valence-electron chi connectivity index (χ2n) is 7.18. The molecule has 0 fully saturated rings. The first-order valence-corrected chi connectivity index (χ1v) is 9.32. The maximum Gasteiger partial charge on any atom is 0.339 e. The third-order valence-electron chi connectivity index (χ3n) is 5.24. The number of aromatic nitrogens is 3. The fourth-order valence-corrected chi connectivity index (χ4v) is 3.83. The van der Waals surface area contributed by atoms with Crippen molar-refractivity contribution in [2.24, 2.45) is 7.05 Å². The fourth-order valence-electron chi connectivity index (χ4n) is 3.83. The minimum Gasteiger partial charge on any atom is -0.465 e. The summed E-state index contributed by atoms with van der Waals surface area (Å²) in [4.78, 5) is 25.1. The Morgan fingerprint density at radius 1 is 1.24 bits per heavy atom. The van der Waals surface area contributed by atoms with Crippen LogP contribution in [0.4, 0.5) is 5.69 Å². The van der Waals surface area contributed by atoms with E-state index < -0.39 is 5.97 Å². The Morgan fingerprint density at radius 3 is 2.76 bits per heavy atom. The maximum absolute atomic E-state index is 12.9. The number of para-hydroxylation sites is 1. The molecule has 0 saturated heterocycles. The van der Waals surface area contributed by atoms with E-state index in [9.17, 15) is 9.59 Å². The highest BCUT2D eigenvalue weighted by Crippen LogP contribution is 2.32. The van der Waals surface area contributed by atoms with Crippen molar-refractivity contribution in [1.82, 2.24) is 14.8 Å². The average Bonchev–Trinajstić information content (AvgIpc) is 3.21. The Morgan fingerprint density at radius 2 is 2.00 bits per heavy atom. The second kappa shape index (κ2) is 7.09. The summed E-state index contributed by atoms with van der Waals surface area (Å²) in [6, 6.07) is 11.0. The van der Waals surface area contributed by atoms with Gasteiger partial charge in [-0.1, -0.05) is 18.2 Å². The van der Waals surface area contributed by atoms with E-state index in [4.69, 9.17) is 4.74 Å². The zero-order chi connectivity index (χ0) is 20.7. The summed E-state index contributed by atoms with van der Waals surface area (Å²) in [5, 5.41) is 12.9. The molecule has 0 aliphatic carbocycles. The molecule has 2 N–H and O–H groups in total. The largest absolute Gasteiger partial charge is 0.465 e. The molecular formula is C22H22N4O3. The number of hydrogen-bond acceptors (Lipinski definition) is 5. The van der Waals surface area contributed by atoms with Crippen molar-refractivity contribution in [3.05, 3.63) is 69.6 Å². The Labute approximate surface area is 167 Å². The lowest BCUT2D eigenvalue weighted by Gasteiger charge is -2.21. The number of esters is 1. The van der Waals surface area contributed by atoms with Crippen molar-refractivity contribution in [3.63, 3.8) is 0 Å². The Hall–Kier alpha value is -3.61. The number of methoxy groups -OCH3 is 1. The van der Waals surface area contributed by atoms with Gasteiger partial charge in [-0.2, -0.15) is 5.10 Å². The maximum atomic E-state index is 12.9. The molecule has 4 aromatic rings. The quantitative estimate of drug-likeness (QED) is 0.519. The molecule has 0 bridgehead atoms. The highest BCUT2D eigenvalue weighted by molar-refractivity contribution is 6.06. The summed E-state index contributed by atoms with van der Waals surface area (Å²) >= 11 is 0. The zero-order valence-corrected chi connectivity index (χ0v) is 16.7. The first-order valence-electron chi connectivity index (χ1n) is 9.32. The van der Waals surface area contributed by atoms with Gasteiger partial charge in [0.25, 0.3) is 5.56 Å². The first-order chi connectivity index (χ1) is 13.9. The van der Waals surface area contributed by atoms with Crippen LogP contribution < -0.4 is 10.9 Å². The van der Waals surface area contributed by atoms with E-state index in [1.54, 1.807) is 29.9 Å². The molecule has 0 aliphatic rings. The molecule has 7 heteroatoms. The smallest absolute Gasteiger partial charge is 0.339 e. The van der Waals surface area contributed by atoms with Gasteiger partial charge in [0.15, 0.2) is 0 Å². The van der Waals surface area contributed by atoms with Crippen LogP contribution in [0.2, 0.25) is 0 Å². The predicted octanol–water partition coefficient (Wildman–Crippen LogP) is 3.68. The lowest BCUT2D eigenvalue weighted by atomic mass is 9.95. The van der Waals surface area contributed by atoms with Crippen LogP contribution in [-0.4, -0.2) is 27.8 Å². The summed E-state index contributed by atoms with van der Waals surface area (Å²) in [7, 11) is 3.10. The third-order valence-corrected chi connectivity index (χ3v) is 5.24. The molecule has 0 spiro atoms. The monoisotopic (exact) mass is 390 g/mol. The van der Waals surface area contributed by atoms with Crippen LogP contribution in [0.1, 0.15) is 34.5 Å². The van der Waals surface area contributed by atoms with Crippen LogP contribution in [0, 0.1) is 6.92 Å². The molecular weight excluding hydrogens is 368 g/mol. The molecule has 29 heavy (non-hydrogen) atoms. The van der Waals surface area contributed by atoms with Gasteiger partial charge in [-0.3, -0.25) is 14.5 Å². The van der Waals surface area contributed by atoms with Crippen molar-refractivity contribution in [2.45, 2.75) is 19.9 Å². The lowest BCUT2D eigenvalue weighted by molar-refractivity contribution is 0.0602. The van der Waals surface area contributed by atoms with Crippen LogP contribution in [0.15, 0.2) is 47.4 Å². The normalized spacial score (nSPS) is 12.3. The van der Waals surface area contributed by atoms with E-state index in [-0.39, 0.29) is 11.6 Å². The number of benzene rings is 2. The van der Waals surface area contributed by atoms with E-state index >= 15 is 0 Å². The number of hydrogen-bond donors (Lipinski definition) is 2. The van der Waals surface area contributed by atoms with E-state index in [1.807, 2.05) is 32.0 Å². The SMILES string of the molecule is COC(=O)c1ccccc1NC(C)c1cc(C)cc2c(=O)n(C)c3[nH]ncc3c12. The summed E-state index contributed by atoms with van der Waals surface area (Å²) < 4.78 is 6.48. The van der Waals surface area contributed by atoms with Crippen molar-refractivity contribution < 1.29 is 9.53 Å². The number of anilines is 1. The number of nitrogens with one attached hydrogen (secondary N) is 2. The van der Waals surface area contributed by atoms with E-state index in [0.29, 0.717) is 22.3 Å². The summed E-state index contributed by atoms with van der Waals surface area (Å²) in [6.07, 6.45) is 1.74. The number of pyridine rings is 1. The standard InChI is InChI=1S/C22H22N4O3/c1-12-9-15(13(2)24-18-8-6-5-7-14(18)22(28)29-4)19-16(10-12)21(27)26(3)20-17(19)11-23-25-20/h5-11,13,24H,1-4H3,(H,23,25). The van der Waals surface area contributed by atoms with E-state index in [2.05, 4.69) is 21.6 Å². The third kappa shape index (κ3) is 3.04. The Balaban J connectivity index is 1.91. The summed E-state index contributed by atoms with van der Waals surface area (Å²) in [5.74, 6) is -0.402. The van der Waals surface area contributed by atoms with Gasteiger partial charge in [0.1, 0.15) is 5.65 Å². The molecule has 0 aliphatic heterocycles. The molecule has 4 rings (SSSR count). The van der Waals surface area contributed by atoms with Gasteiger partial charge < -0.3 is 10.1 Å². The van der Waals surface area contributed by atoms with Crippen molar-refractivity contribution in [2.75, 3.05) is 12.4 Å². The van der Waals surface area contributed by atoms with Gasteiger partial charge in [0.2, 0.25) is 0 Å². The number of rotatable bonds is 4. The minimum atomic E-state index is -0.402. The van der Waals surface area contributed by atoms with Gasteiger partial charge >= 0.3 is 5.97 Å². The predicted molar refractivity (Wildman–Crippen MR) is 113 cm³/mol. The molecule has 1 unspecified atom stereocenters. The highest BCUT2D eigenvalue weighted by atomic mass is 16.5. The summed E-state index contributed by atoms with van der Waals surface area (Å²) in [5.41, 5.74) is 3.68. The second-order valence-corrected chi connectivity index (χ2v) is 7.18. The van der Waals surface area contributed by atoms with Gasteiger partial charge in [-0.15, -0.1) is 0 Å². The van der Waals surface area contributed by atoms with Crippen LogP contribution in [0.3, 0.4) is 0 Å². The van der Waals surface area contributed by atoms with Crippen molar-refractivity contribution in [3.8, 4) is 0 Å². The Kier molecular flexibility index (Phi) is 4.58. The number of fused-ring (bicyclic) bond motifs is 3. The molecule has 2 aromatic carbocycles. The van der Waals surface area contributed by atoms with Crippen molar-refractivity contribution >= 4 is 33.5 Å². The minimum absolute atomic E-state index is 0.0798. The molecule has 2 heterocycles. The van der Waals surface area contributed by atoms with Crippen molar-refractivity contribution in [1.29, 1.82) is 0 Å². The lowest BCUT2D eigenvalue weighted by Crippen LogP contribution is -2.19. The van der Waals surface area contributed by atoms with E-state index in [0.717, 1.165) is 21.9 Å². The average molecular weight is 390 g/mol. The molecule has 148 valence electrons. The van der Waals surface area contributed by atoms with Crippen LogP contribution >= 0.6 is 0 Å². The number of aryl methyl sites for hydroxylation is 2. The molecule has 2 aromatic heterocycles. The molecule has 0 amide bonds. The molecule has 1 atom stereocenters.